The molecular formula is C13H26O. The Labute approximate surface area is 89.6 Å². The van der Waals surface area contributed by atoms with Gasteiger partial charge in [0.1, 0.15) is 6.29 Å². The fourth-order valence-corrected chi connectivity index (χ4v) is 1.00. The van der Waals surface area contributed by atoms with E-state index in [0.717, 1.165) is 19.1 Å². The first-order valence-corrected chi connectivity index (χ1v) is 5.87. The first-order chi connectivity index (χ1) is 6.83. The van der Waals surface area contributed by atoms with E-state index in [1.807, 2.05) is 6.08 Å². The number of aldehydes is 1. The Morgan fingerprint density at radius 3 is 1.93 bits per heavy atom. The topological polar surface area (TPSA) is 17.1 Å². The Morgan fingerprint density at radius 2 is 1.57 bits per heavy atom. The highest BCUT2D eigenvalue weighted by Crippen LogP contribution is 1.99. The van der Waals surface area contributed by atoms with Crippen LogP contribution in [0.1, 0.15) is 65.2 Å². The minimum Gasteiger partial charge on any atom is -0.303 e. The van der Waals surface area contributed by atoms with Gasteiger partial charge in [0, 0.05) is 6.42 Å². The molecule has 14 heavy (non-hydrogen) atoms. The number of rotatable bonds is 8. The summed E-state index contributed by atoms with van der Waals surface area (Å²) in [5.41, 5.74) is 0. The van der Waals surface area contributed by atoms with E-state index in [-0.39, 0.29) is 0 Å². The predicted octanol–water partition coefficient (Wildman–Crippen LogP) is 4.52. The summed E-state index contributed by atoms with van der Waals surface area (Å²) in [5.74, 6) is 0. The highest BCUT2D eigenvalue weighted by molar-refractivity contribution is 5.48. The molecule has 0 aromatic rings. The smallest absolute Gasteiger partial charge is 0.119 e. The van der Waals surface area contributed by atoms with Gasteiger partial charge in [-0.3, -0.25) is 0 Å². The van der Waals surface area contributed by atoms with E-state index in [1.165, 1.54) is 38.5 Å². The number of carbonyl (C=O) groups excluding carboxylic acids is 1. The normalized spacial score (nSPS) is 8.71. The zero-order chi connectivity index (χ0) is 11.1. The van der Waals surface area contributed by atoms with E-state index in [1.54, 1.807) is 0 Å². The van der Waals surface area contributed by atoms with Crippen LogP contribution in [0.4, 0.5) is 0 Å². The van der Waals surface area contributed by atoms with Crippen molar-refractivity contribution in [1.82, 2.24) is 0 Å². The fourth-order valence-electron chi connectivity index (χ4n) is 1.00. The number of allylic oxidation sites excluding steroid dienone is 1. The van der Waals surface area contributed by atoms with Crippen molar-refractivity contribution in [3.8, 4) is 0 Å². The van der Waals surface area contributed by atoms with Crippen LogP contribution in [0.25, 0.3) is 0 Å². The van der Waals surface area contributed by atoms with E-state index in [9.17, 15) is 4.79 Å². The molecule has 0 heterocycles. The summed E-state index contributed by atoms with van der Waals surface area (Å²) in [5, 5.41) is 0. The zero-order valence-corrected chi connectivity index (χ0v) is 9.93. The molecule has 0 N–H and O–H groups in total. The van der Waals surface area contributed by atoms with Crippen molar-refractivity contribution >= 4 is 6.29 Å². The van der Waals surface area contributed by atoms with Gasteiger partial charge < -0.3 is 4.79 Å². The summed E-state index contributed by atoms with van der Waals surface area (Å²) in [6, 6.07) is 0. The van der Waals surface area contributed by atoms with E-state index in [4.69, 9.17) is 0 Å². The van der Waals surface area contributed by atoms with Crippen molar-refractivity contribution < 1.29 is 4.79 Å². The zero-order valence-electron chi connectivity index (χ0n) is 9.93. The lowest BCUT2D eigenvalue weighted by atomic mass is 10.2. The molecule has 0 aliphatic carbocycles. The first kappa shape index (κ1) is 15.9. The van der Waals surface area contributed by atoms with Crippen LogP contribution in [-0.4, -0.2) is 6.29 Å². The number of hydrogen-bond donors (Lipinski definition) is 0. The second-order valence-corrected chi connectivity index (χ2v) is 3.45. The van der Waals surface area contributed by atoms with E-state index >= 15 is 0 Å². The summed E-state index contributed by atoms with van der Waals surface area (Å²) >= 11 is 0. The minimum absolute atomic E-state index is 0.750. The van der Waals surface area contributed by atoms with Crippen molar-refractivity contribution in [1.29, 1.82) is 0 Å². The summed E-state index contributed by atoms with van der Waals surface area (Å²) in [4.78, 5) is 9.77. The van der Waals surface area contributed by atoms with Gasteiger partial charge in [-0.1, -0.05) is 52.0 Å². The van der Waals surface area contributed by atoms with Crippen molar-refractivity contribution in [2.24, 2.45) is 0 Å². The van der Waals surface area contributed by atoms with Crippen LogP contribution in [0.3, 0.4) is 0 Å². The maximum atomic E-state index is 9.77. The molecule has 0 saturated heterocycles. The Balaban J connectivity index is 0. The third-order valence-corrected chi connectivity index (χ3v) is 1.94. The Hall–Kier alpha value is -0.590. The molecule has 0 saturated carbocycles. The van der Waals surface area contributed by atoms with Crippen molar-refractivity contribution in [3.63, 3.8) is 0 Å². The molecule has 0 aliphatic heterocycles. The van der Waals surface area contributed by atoms with Gasteiger partial charge in [0.05, 0.1) is 0 Å². The van der Waals surface area contributed by atoms with Crippen LogP contribution >= 0.6 is 0 Å². The maximum absolute atomic E-state index is 9.77. The molecule has 0 aromatic heterocycles. The van der Waals surface area contributed by atoms with Crippen LogP contribution in [0, 0.1) is 0 Å². The molecule has 1 heteroatoms. The number of hydrogen-bond acceptors (Lipinski definition) is 1. The summed E-state index contributed by atoms with van der Waals surface area (Å²) in [6.45, 7) is 7.95. The molecule has 0 bridgehead atoms. The quantitative estimate of drug-likeness (QED) is 0.318. The SMILES string of the molecule is C=CCCCC.CCCCCCC=O. The molecule has 84 valence electrons. The van der Waals surface area contributed by atoms with Gasteiger partial charge in [-0.15, -0.1) is 6.58 Å². The largest absolute Gasteiger partial charge is 0.303 e. The molecule has 0 aromatic carbocycles. The lowest BCUT2D eigenvalue weighted by molar-refractivity contribution is -0.107. The number of unbranched alkanes of at least 4 members (excludes halogenated alkanes) is 6. The van der Waals surface area contributed by atoms with E-state index in [2.05, 4.69) is 20.4 Å². The first-order valence-electron chi connectivity index (χ1n) is 5.87. The van der Waals surface area contributed by atoms with Gasteiger partial charge in [0.25, 0.3) is 0 Å². The predicted molar refractivity (Wildman–Crippen MR) is 64.5 cm³/mol. The second-order valence-electron chi connectivity index (χ2n) is 3.45. The van der Waals surface area contributed by atoms with E-state index in [0.29, 0.717) is 0 Å². The van der Waals surface area contributed by atoms with Crippen molar-refractivity contribution in [2.45, 2.75) is 65.2 Å². The number of carbonyl (C=O) groups is 1. The molecule has 0 atom stereocenters. The molecule has 0 rings (SSSR count). The van der Waals surface area contributed by atoms with E-state index < -0.39 is 0 Å². The summed E-state index contributed by atoms with van der Waals surface area (Å²) in [6.07, 6.45) is 12.3. The molecule has 0 radical (unpaired) electrons. The van der Waals surface area contributed by atoms with Crippen molar-refractivity contribution in [3.05, 3.63) is 12.7 Å². The molecule has 0 fully saturated rings. The van der Waals surface area contributed by atoms with Gasteiger partial charge in [-0.05, 0) is 12.8 Å². The maximum Gasteiger partial charge on any atom is 0.119 e. The van der Waals surface area contributed by atoms with Crippen LogP contribution in [0.5, 0.6) is 0 Å². The van der Waals surface area contributed by atoms with Gasteiger partial charge >= 0.3 is 0 Å². The van der Waals surface area contributed by atoms with Crippen molar-refractivity contribution in [2.75, 3.05) is 0 Å². The highest BCUT2D eigenvalue weighted by atomic mass is 16.1. The highest BCUT2D eigenvalue weighted by Gasteiger charge is 1.83. The fraction of sp³-hybridized carbons (Fsp3) is 0.769. The molecular weight excluding hydrogens is 172 g/mol. The molecule has 0 aliphatic rings. The molecule has 0 amide bonds. The Morgan fingerprint density at radius 1 is 0.929 bits per heavy atom. The second kappa shape index (κ2) is 18.2. The van der Waals surface area contributed by atoms with Gasteiger partial charge in [0.2, 0.25) is 0 Å². The summed E-state index contributed by atoms with van der Waals surface area (Å²) < 4.78 is 0. The lowest BCUT2D eigenvalue weighted by Crippen LogP contribution is -1.76. The Bertz CT molecular complexity index is 108. The van der Waals surface area contributed by atoms with Crippen LogP contribution in [-0.2, 0) is 4.79 Å². The third kappa shape index (κ3) is 22.5. The molecule has 0 unspecified atom stereocenters. The van der Waals surface area contributed by atoms with Gasteiger partial charge in [0.15, 0.2) is 0 Å². The molecule has 0 spiro atoms. The third-order valence-electron chi connectivity index (χ3n) is 1.94. The monoisotopic (exact) mass is 198 g/mol. The Kier molecular flexibility index (Phi) is 20.7. The van der Waals surface area contributed by atoms with Crippen LogP contribution in [0.2, 0.25) is 0 Å². The molecule has 1 nitrogen and oxygen atoms in total. The minimum atomic E-state index is 0.750. The average molecular weight is 198 g/mol. The average Bonchev–Trinajstić information content (AvgIpc) is 2.22. The van der Waals surface area contributed by atoms with Crippen LogP contribution < -0.4 is 0 Å². The summed E-state index contributed by atoms with van der Waals surface area (Å²) in [7, 11) is 0. The van der Waals surface area contributed by atoms with Gasteiger partial charge in [-0.25, -0.2) is 0 Å². The standard InChI is InChI=1S/C7H14O.C6H12/c1-2-3-4-5-6-7-8;1-3-5-6-4-2/h7H,2-6H2,1H3;3H,1,4-6H2,2H3. The lowest BCUT2D eigenvalue weighted by Gasteiger charge is -1.90. The van der Waals surface area contributed by atoms with Gasteiger partial charge in [-0.2, -0.15) is 0 Å². The van der Waals surface area contributed by atoms with Crippen LogP contribution in [0.15, 0.2) is 12.7 Å².